The van der Waals surface area contributed by atoms with E-state index in [1.807, 2.05) is 68.4 Å². The lowest BCUT2D eigenvalue weighted by molar-refractivity contribution is -0.141. The molecule has 12 nitrogen and oxygen atoms in total. The molecule has 0 saturated heterocycles. The van der Waals surface area contributed by atoms with Gasteiger partial charge in [-0.05, 0) is 67.1 Å². The molecule has 0 bridgehead atoms. The molecule has 4 aromatic rings. The van der Waals surface area contributed by atoms with E-state index in [9.17, 15) is 19.2 Å². The molecule has 0 spiro atoms. The topological polar surface area (TPSA) is 155 Å². The molecule has 5 rings (SSSR count). The zero-order chi connectivity index (χ0) is 34.8. The first-order valence-electron chi connectivity index (χ1n) is 16.7. The molecule has 4 N–H and O–H groups in total. The summed E-state index contributed by atoms with van der Waals surface area (Å²) in [4.78, 5) is 52.7. The second-order valence-electron chi connectivity index (χ2n) is 12.6. The fourth-order valence-corrected chi connectivity index (χ4v) is 5.80. The van der Waals surface area contributed by atoms with Crippen molar-refractivity contribution >= 4 is 34.5 Å². The molecule has 258 valence electrons. The Kier molecular flexibility index (Phi) is 11.9. The standard InChI is InChI=1S/C37H44N6O6/c1-24(2)21-43(37(47)28-18-27-19-29(48-3)14-15-32(27)49-23-28)22-34(45)40-20-33(44)38-16-6-7-17-39-36(46)26-12-10-25(11-13-26)35-30-8-4-5-9-31(30)41-42-35/h4-5,8-15,19,24,28H,6-7,16-18,20-23H2,1-3H3,(H,38,44)(H,39,46)(H,40,45)(H,41,42). The van der Waals surface area contributed by atoms with Crippen molar-refractivity contribution in [3.63, 3.8) is 0 Å². The number of hydrogen-bond acceptors (Lipinski definition) is 7. The Bertz CT molecular complexity index is 1770. The molecule has 1 aliphatic rings. The van der Waals surface area contributed by atoms with Crippen LogP contribution in [0, 0.1) is 11.8 Å². The summed E-state index contributed by atoms with van der Waals surface area (Å²) in [6.07, 6.45) is 1.82. The largest absolute Gasteiger partial charge is 0.497 e. The van der Waals surface area contributed by atoms with Crippen LogP contribution < -0.4 is 25.4 Å². The Balaban J connectivity index is 0.980. The predicted octanol–water partition coefficient (Wildman–Crippen LogP) is 3.72. The van der Waals surface area contributed by atoms with Crippen molar-refractivity contribution in [2.75, 3.05) is 46.4 Å². The molecule has 2 heterocycles. The third-order valence-electron chi connectivity index (χ3n) is 8.30. The number of aromatic amines is 1. The molecule has 1 aliphatic heterocycles. The van der Waals surface area contributed by atoms with Crippen LogP contribution in [0.5, 0.6) is 11.5 Å². The van der Waals surface area contributed by atoms with Crippen molar-refractivity contribution in [2.45, 2.75) is 33.1 Å². The highest BCUT2D eigenvalue weighted by molar-refractivity contribution is 5.96. The average Bonchev–Trinajstić information content (AvgIpc) is 3.55. The smallest absolute Gasteiger partial charge is 0.251 e. The van der Waals surface area contributed by atoms with Crippen LogP contribution in [-0.4, -0.2) is 85.2 Å². The highest BCUT2D eigenvalue weighted by Crippen LogP contribution is 2.31. The molecule has 3 aromatic carbocycles. The van der Waals surface area contributed by atoms with E-state index in [1.165, 1.54) is 0 Å². The molecule has 49 heavy (non-hydrogen) atoms. The molecule has 1 unspecified atom stereocenters. The number of carbonyl (C=O) groups is 4. The van der Waals surface area contributed by atoms with Gasteiger partial charge in [-0.2, -0.15) is 5.10 Å². The maximum absolute atomic E-state index is 13.4. The number of fused-ring (bicyclic) bond motifs is 2. The van der Waals surface area contributed by atoms with Crippen molar-refractivity contribution in [3.05, 3.63) is 77.9 Å². The first-order valence-corrected chi connectivity index (χ1v) is 16.7. The molecule has 0 aliphatic carbocycles. The van der Waals surface area contributed by atoms with Crippen LogP contribution in [0.25, 0.3) is 22.2 Å². The van der Waals surface area contributed by atoms with Gasteiger partial charge in [0.05, 0.1) is 37.3 Å². The Morgan fingerprint density at radius 1 is 0.959 bits per heavy atom. The first kappa shape index (κ1) is 34.9. The van der Waals surface area contributed by atoms with Crippen molar-refractivity contribution in [2.24, 2.45) is 11.8 Å². The summed E-state index contributed by atoms with van der Waals surface area (Å²) in [5.74, 6) is 0.0909. The number of benzene rings is 3. The molecule has 0 saturated carbocycles. The zero-order valence-corrected chi connectivity index (χ0v) is 28.2. The van der Waals surface area contributed by atoms with Gasteiger partial charge in [-0.3, -0.25) is 24.3 Å². The third-order valence-corrected chi connectivity index (χ3v) is 8.30. The minimum Gasteiger partial charge on any atom is -0.497 e. The molecule has 4 amide bonds. The van der Waals surface area contributed by atoms with Gasteiger partial charge in [0.2, 0.25) is 17.7 Å². The number of nitrogens with zero attached hydrogens (tertiary/aromatic N) is 2. The number of carbonyl (C=O) groups excluding carboxylic acids is 4. The van der Waals surface area contributed by atoms with E-state index in [2.05, 4.69) is 26.1 Å². The number of ether oxygens (including phenoxy) is 2. The lowest BCUT2D eigenvalue weighted by atomic mass is 9.95. The lowest BCUT2D eigenvalue weighted by Gasteiger charge is -2.31. The third kappa shape index (κ3) is 9.37. The number of hydrogen-bond donors (Lipinski definition) is 4. The summed E-state index contributed by atoms with van der Waals surface area (Å²) in [5, 5.41) is 16.8. The van der Waals surface area contributed by atoms with Crippen LogP contribution >= 0.6 is 0 Å². The number of aromatic nitrogens is 2. The normalized spacial score (nSPS) is 13.7. The second kappa shape index (κ2) is 16.6. The van der Waals surface area contributed by atoms with Crippen LogP contribution in [0.4, 0.5) is 0 Å². The SMILES string of the molecule is COc1ccc2c(c1)CC(C(=O)N(CC(=O)NCC(=O)NCCCCNC(=O)c1ccc(-c3n[nH]c4ccccc34)cc1)CC(C)C)CO2. The van der Waals surface area contributed by atoms with Gasteiger partial charge in [0.15, 0.2) is 0 Å². The van der Waals surface area contributed by atoms with Gasteiger partial charge in [-0.1, -0.05) is 44.2 Å². The maximum Gasteiger partial charge on any atom is 0.251 e. The van der Waals surface area contributed by atoms with Crippen LogP contribution in [0.1, 0.15) is 42.6 Å². The van der Waals surface area contributed by atoms with Gasteiger partial charge in [0, 0.05) is 36.1 Å². The highest BCUT2D eigenvalue weighted by Gasteiger charge is 2.31. The lowest BCUT2D eigenvalue weighted by Crippen LogP contribution is -2.48. The Hall–Kier alpha value is -5.39. The number of unbranched alkanes of at least 4 members (excludes halogenated alkanes) is 1. The van der Waals surface area contributed by atoms with E-state index in [-0.39, 0.29) is 43.3 Å². The summed E-state index contributed by atoms with van der Waals surface area (Å²) < 4.78 is 11.1. The number of amides is 4. The van der Waals surface area contributed by atoms with Crippen molar-refractivity contribution in [3.8, 4) is 22.8 Å². The van der Waals surface area contributed by atoms with Gasteiger partial charge in [-0.25, -0.2) is 0 Å². The van der Waals surface area contributed by atoms with Gasteiger partial charge < -0.3 is 30.3 Å². The average molecular weight is 669 g/mol. The summed E-state index contributed by atoms with van der Waals surface area (Å²) in [7, 11) is 1.59. The van der Waals surface area contributed by atoms with Gasteiger partial charge in [0.25, 0.3) is 5.91 Å². The van der Waals surface area contributed by atoms with Crippen molar-refractivity contribution < 1.29 is 28.7 Å². The van der Waals surface area contributed by atoms with Gasteiger partial charge in [-0.15, -0.1) is 0 Å². The maximum atomic E-state index is 13.4. The van der Waals surface area contributed by atoms with E-state index in [0.29, 0.717) is 50.2 Å². The summed E-state index contributed by atoms with van der Waals surface area (Å²) in [6, 6.07) is 20.7. The number of H-pyrrole nitrogens is 1. The van der Waals surface area contributed by atoms with Gasteiger partial charge >= 0.3 is 0 Å². The number of nitrogens with one attached hydrogen (secondary N) is 4. The Labute approximate surface area is 285 Å². The number of rotatable bonds is 15. The fraction of sp³-hybridized carbons (Fsp3) is 0.378. The van der Waals surface area contributed by atoms with E-state index >= 15 is 0 Å². The zero-order valence-electron chi connectivity index (χ0n) is 28.2. The van der Waals surface area contributed by atoms with E-state index in [0.717, 1.165) is 33.5 Å². The first-order chi connectivity index (χ1) is 23.7. The van der Waals surface area contributed by atoms with E-state index in [1.54, 1.807) is 24.1 Å². The van der Waals surface area contributed by atoms with Crippen LogP contribution in [-0.2, 0) is 20.8 Å². The number of methoxy groups -OCH3 is 1. The summed E-state index contributed by atoms with van der Waals surface area (Å²) in [5.41, 5.74) is 4.16. The minimum absolute atomic E-state index is 0.145. The molecule has 12 heteroatoms. The van der Waals surface area contributed by atoms with Crippen LogP contribution in [0.2, 0.25) is 0 Å². The minimum atomic E-state index is -0.423. The quantitative estimate of drug-likeness (QED) is 0.141. The summed E-state index contributed by atoms with van der Waals surface area (Å²) >= 11 is 0. The van der Waals surface area contributed by atoms with E-state index in [4.69, 9.17) is 9.47 Å². The summed E-state index contributed by atoms with van der Waals surface area (Å²) in [6.45, 7) is 5.14. The molecular formula is C37H44N6O6. The Morgan fingerprint density at radius 2 is 1.71 bits per heavy atom. The number of para-hydroxylation sites is 1. The van der Waals surface area contributed by atoms with Crippen molar-refractivity contribution in [1.82, 2.24) is 31.0 Å². The second-order valence-corrected chi connectivity index (χ2v) is 12.6. The highest BCUT2D eigenvalue weighted by atomic mass is 16.5. The van der Waals surface area contributed by atoms with E-state index < -0.39 is 11.8 Å². The van der Waals surface area contributed by atoms with Crippen molar-refractivity contribution in [1.29, 1.82) is 0 Å². The molecule has 1 atom stereocenters. The Morgan fingerprint density at radius 3 is 2.47 bits per heavy atom. The molecule has 0 fully saturated rings. The molecular weight excluding hydrogens is 624 g/mol. The van der Waals surface area contributed by atoms with Crippen LogP contribution in [0.3, 0.4) is 0 Å². The fourth-order valence-electron chi connectivity index (χ4n) is 5.80. The van der Waals surface area contributed by atoms with Crippen LogP contribution in [0.15, 0.2) is 66.7 Å². The monoisotopic (exact) mass is 668 g/mol. The molecule has 0 radical (unpaired) electrons. The molecule has 1 aromatic heterocycles. The van der Waals surface area contributed by atoms with Gasteiger partial charge in [0.1, 0.15) is 18.1 Å². The predicted molar refractivity (Wildman–Crippen MR) is 186 cm³/mol.